The Morgan fingerprint density at radius 1 is 1.41 bits per heavy atom. The highest BCUT2D eigenvalue weighted by atomic mass is 79.9. The molecule has 4 nitrogen and oxygen atoms in total. The first-order valence-electron chi connectivity index (χ1n) is 5.48. The van der Waals surface area contributed by atoms with Gasteiger partial charge in [-0.15, -0.1) is 0 Å². The van der Waals surface area contributed by atoms with Crippen LogP contribution in [0.3, 0.4) is 0 Å². The van der Waals surface area contributed by atoms with Gasteiger partial charge in [-0.3, -0.25) is 9.48 Å². The zero-order chi connectivity index (χ0) is 12.4. The lowest BCUT2D eigenvalue weighted by atomic mass is 10.3. The van der Waals surface area contributed by atoms with Crippen LogP contribution in [0.1, 0.15) is 18.1 Å². The van der Waals surface area contributed by atoms with Gasteiger partial charge in [0.15, 0.2) is 0 Å². The van der Waals surface area contributed by atoms with Gasteiger partial charge in [-0.1, -0.05) is 0 Å². The van der Waals surface area contributed by atoms with E-state index in [0.29, 0.717) is 6.54 Å². The van der Waals surface area contributed by atoms with Crippen molar-refractivity contribution in [3.05, 3.63) is 50.6 Å². The van der Waals surface area contributed by atoms with Crippen LogP contribution in [0, 0.1) is 6.92 Å². The molecule has 0 atom stereocenters. The van der Waals surface area contributed by atoms with Crippen LogP contribution < -0.4 is 5.56 Å². The van der Waals surface area contributed by atoms with Crippen LogP contribution in [0.5, 0.6) is 0 Å². The topological polar surface area (TPSA) is 39.8 Å². The smallest absolute Gasteiger partial charge is 0.253 e. The molecule has 0 N–H and O–H groups in total. The second-order valence-electron chi connectivity index (χ2n) is 3.98. The van der Waals surface area contributed by atoms with Gasteiger partial charge < -0.3 is 4.57 Å². The first-order valence-corrected chi connectivity index (χ1v) is 6.27. The molecule has 0 saturated heterocycles. The number of nitrogens with zero attached hydrogens (tertiary/aromatic N) is 3. The summed E-state index contributed by atoms with van der Waals surface area (Å²) in [4.78, 5) is 11.9. The third-order valence-electron chi connectivity index (χ3n) is 2.60. The molecule has 5 heteroatoms. The number of aromatic nitrogens is 3. The van der Waals surface area contributed by atoms with Crippen molar-refractivity contribution in [1.29, 1.82) is 0 Å². The van der Waals surface area contributed by atoms with E-state index in [1.165, 1.54) is 0 Å². The minimum Gasteiger partial charge on any atom is -0.310 e. The Labute approximate surface area is 108 Å². The fraction of sp³-hybridized carbons (Fsp3) is 0.333. The summed E-state index contributed by atoms with van der Waals surface area (Å²) >= 11 is 3.40. The van der Waals surface area contributed by atoms with Crippen molar-refractivity contribution in [1.82, 2.24) is 14.3 Å². The molecule has 0 aliphatic carbocycles. The molecule has 2 rings (SSSR count). The minimum atomic E-state index is 0.0393. The van der Waals surface area contributed by atoms with Crippen molar-refractivity contribution in [3.63, 3.8) is 0 Å². The zero-order valence-corrected chi connectivity index (χ0v) is 11.4. The monoisotopic (exact) mass is 295 g/mol. The molecule has 0 bridgehead atoms. The van der Waals surface area contributed by atoms with Gasteiger partial charge in [-0.05, 0) is 35.8 Å². The molecule has 0 saturated carbocycles. The van der Waals surface area contributed by atoms with E-state index >= 15 is 0 Å². The predicted octanol–water partition coefficient (Wildman–Crippen LogP) is 2.18. The number of aryl methyl sites for hydroxylation is 2. The fourth-order valence-electron chi connectivity index (χ4n) is 1.71. The summed E-state index contributed by atoms with van der Waals surface area (Å²) in [6.45, 7) is 5.25. The number of pyridine rings is 1. The van der Waals surface area contributed by atoms with E-state index in [0.717, 1.165) is 22.1 Å². The molecule has 0 radical (unpaired) electrons. The van der Waals surface area contributed by atoms with E-state index in [-0.39, 0.29) is 5.56 Å². The standard InChI is InChI=1S/C12H14BrN3O/c1-3-16-7-10(5-14-16)6-15-8-11(13)4-9(2)12(15)17/h4-5,7-8H,3,6H2,1-2H3. The van der Waals surface area contributed by atoms with Gasteiger partial charge in [0, 0.05) is 34.5 Å². The van der Waals surface area contributed by atoms with Crippen LogP contribution >= 0.6 is 15.9 Å². The normalized spacial score (nSPS) is 10.8. The number of hydrogen-bond acceptors (Lipinski definition) is 2. The van der Waals surface area contributed by atoms with E-state index < -0.39 is 0 Å². The second kappa shape index (κ2) is 4.87. The maximum absolute atomic E-state index is 11.9. The predicted molar refractivity (Wildman–Crippen MR) is 70.1 cm³/mol. The summed E-state index contributed by atoms with van der Waals surface area (Å²) in [5.41, 5.74) is 1.81. The summed E-state index contributed by atoms with van der Waals surface area (Å²) in [7, 11) is 0. The van der Waals surface area contributed by atoms with Crippen LogP contribution in [0.25, 0.3) is 0 Å². The molecule has 2 aromatic rings. The van der Waals surface area contributed by atoms with Gasteiger partial charge in [-0.2, -0.15) is 5.10 Å². The molecule has 2 aromatic heterocycles. The summed E-state index contributed by atoms with van der Waals surface area (Å²) in [6.07, 6.45) is 5.56. The maximum atomic E-state index is 11.9. The van der Waals surface area contributed by atoms with Crippen molar-refractivity contribution in [2.24, 2.45) is 0 Å². The molecule has 0 amide bonds. The Morgan fingerprint density at radius 2 is 2.18 bits per heavy atom. The van der Waals surface area contributed by atoms with E-state index in [1.807, 2.05) is 30.8 Å². The lowest BCUT2D eigenvalue weighted by Gasteiger charge is -2.05. The Hall–Kier alpha value is -1.36. The second-order valence-corrected chi connectivity index (χ2v) is 4.89. The van der Waals surface area contributed by atoms with E-state index in [2.05, 4.69) is 21.0 Å². The van der Waals surface area contributed by atoms with Gasteiger partial charge in [0.25, 0.3) is 5.56 Å². The SMILES string of the molecule is CCn1cc(Cn2cc(Br)cc(C)c2=O)cn1. The molecule has 2 heterocycles. The molecule has 0 unspecified atom stereocenters. The summed E-state index contributed by atoms with van der Waals surface area (Å²) in [6, 6.07) is 1.83. The van der Waals surface area contributed by atoms with Crippen LogP contribution in [-0.4, -0.2) is 14.3 Å². The van der Waals surface area contributed by atoms with E-state index in [1.54, 1.807) is 17.0 Å². The van der Waals surface area contributed by atoms with Crippen molar-refractivity contribution >= 4 is 15.9 Å². The average Bonchev–Trinajstić information content (AvgIpc) is 2.73. The van der Waals surface area contributed by atoms with E-state index in [9.17, 15) is 4.79 Å². The number of halogens is 1. The highest BCUT2D eigenvalue weighted by molar-refractivity contribution is 9.10. The van der Waals surface area contributed by atoms with Crippen molar-refractivity contribution in [2.75, 3.05) is 0 Å². The highest BCUT2D eigenvalue weighted by Gasteiger charge is 2.04. The quantitative estimate of drug-likeness (QED) is 0.871. The molecule has 0 aliphatic rings. The van der Waals surface area contributed by atoms with Crippen LogP contribution in [0.15, 0.2) is 33.9 Å². The van der Waals surface area contributed by atoms with Crippen LogP contribution in [-0.2, 0) is 13.1 Å². The van der Waals surface area contributed by atoms with Crippen LogP contribution in [0.2, 0.25) is 0 Å². The molecular formula is C12H14BrN3O. The number of hydrogen-bond donors (Lipinski definition) is 0. The maximum Gasteiger partial charge on any atom is 0.253 e. The van der Waals surface area contributed by atoms with Crippen LogP contribution in [0.4, 0.5) is 0 Å². The summed E-state index contributed by atoms with van der Waals surface area (Å²) < 4.78 is 4.46. The van der Waals surface area contributed by atoms with Gasteiger partial charge in [0.05, 0.1) is 12.7 Å². The van der Waals surface area contributed by atoms with Crippen molar-refractivity contribution in [2.45, 2.75) is 26.9 Å². The third-order valence-corrected chi connectivity index (χ3v) is 3.03. The molecule has 0 aromatic carbocycles. The Kier molecular flexibility index (Phi) is 3.47. The van der Waals surface area contributed by atoms with E-state index in [4.69, 9.17) is 0 Å². The van der Waals surface area contributed by atoms with Crippen molar-refractivity contribution in [3.8, 4) is 0 Å². The first-order chi connectivity index (χ1) is 8.10. The largest absolute Gasteiger partial charge is 0.310 e. The summed E-state index contributed by atoms with van der Waals surface area (Å²) in [5, 5.41) is 4.19. The van der Waals surface area contributed by atoms with Gasteiger partial charge in [0.2, 0.25) is 0 Å². The molecular weight excluding hydrogens is 282 g/mol. The van der Waals surface area contributed by atoms with Gasteiger partial charge in [0.1, 0.15) is 0 Å². The Morgan fingerprint density at radius 3 is 2.82 bits per heavy atom. The molecule has 17 heavy (non-hydrogen) atoms. The van der Waals surface area contributed by atoms with Gasteiger partial charge >= 0.3 is 0 Å². The molecule has 0 fully saturated rings. The van der Waals surface area contributed by atoms with Crippen molar-refractivity contribution < 1.29 is 0 Å². The zero-order valence-electron chi connectivity index (χ0n) is 9.85. The lowest BCUT2D eigenvalue weighted by molar-refractivity contribution is 0.658. The minimum absolute atomic E-state index is 0.0393. The highest BCUT2D eigenvalue weighted by Crippen LogP contribution is 2.09. The number of rotatable bonds is 3. The lowest BCUT2D eigenvalue weighted by Crippen LogP contribution is -2.21. The first kappa shape index (κ1) is 12.1. The molecule has 90 valence electrons. The fourth-order valence-corrected chi connectivity index (χ4v) is 2.31. The Balaban J connectivity index is 2.32. The molecule has 0 aliphatic heterocycles. The molecule has 0 spiro atoms. The average molecular weight is 296 g/mol. The summed E-state index contributed by atoms with van der Waals surface area (Å²) in [5.74, 6) is 0. The third kappa shape index (κ3) is 2.66. The van der Waals surface area contributed by atoms with Gasteiger partial charge in [-0.25, -0.2) is 0 Å². The Bertz CT molecular complexity index is 586.